The number of aromatic nitrogens is 2. The van der Waals surface area contributed by atoms with Crippen molar-refractivity contribution in [1.82, 2.24) is 20.2 Å². The molecule has 1 amide bonds. The Morgan fingerprint density at radius 1 is 1.27 bits per heavy atom. The molecule has 114 valence electrons. The molecule has 0 aliphatic carbocycles. The number of carbonyl (C=O) groups is 1. The maximum atomic E-state index is 12.5. The van der Waals surface area contributed by atoms with Crippen molar-refractivity contribution in [2.75, 3.05) is 0 Å². The molecular weight excluding hydrogens is 276 g/mol. The Labute approximate surface area is 129 Å². The van der Waals surface area contributed by atoms with Crippen LogP contribution in [0.2, 0.25) is 0 Å². The number of nitrogens with zero attached hydrogens (tertiary/aromatic N) is 2. The van der Waals surface area contributed by atoms with Crippen molar-refractivity contribution in [2.24, 2.45) is 0 Å². The van der Waals surface area contributed by atoms with Crippen molar-refractivity contribution >= 4 is 5.91 Å². The molecule has 2 saturated heterocycles. The Kier molecular flexibility index (Phi) is 3.42. The average Bonchev–Trinajstić information content (AvgIpc) is 3.17. The van der Waals surface area contributed by atoms with Crippen molar-refractivity contribution in [3.8, 4) is 5.69 Å². The number of benzene rings is 1. The molecule has 2 unspecified atom stereocenters. The summed E-state index contributed by atoms with van der Waals surface area (Å²) in [6, 6.07) is 9.13. The van der Waals surface area contributed by atoms with E-state index in [9.17, 15) is 4.79 Å². The maximum absolute atomic E-state index is 12.5. The van der Waals surface area contributed by atoms with E-state index in [0.29, 0.717) is 23.7 Å². The number of rotatable bonds is 3. The van der Waals surface area contributed by atoms with Crippen LogP contribution in [-0.4, -0.2) is 33.6 Å². The van der Waals surface area contributed by atoms with Gasteiger partial charge in [-0.05, 0) is 43.9 Å². The lowest BCUT2D eigenvalue weighted by Crippen LogP contribution is -2.48. The fraction of sp³-hybridized carbons (Fsp3) is 0.412. The number of fused-ring (bicyclic) bond motifs is 2. The normalized spacial score (nSPS) is 26.8. The largest absolute Gasteiger partial charge is 0.349 e. The second-order valence-corrected chi connectivity index (χ2v) is 6.30. The second-order valence-electron chi connectivity index (χ2n) is 6.30. The monoisotopic (exact) mass is 296 g/mol. The van der Waals surface area contributed by atoms with E-state index in [1.165, 1.54) is 12.8 Å². The molecule has 22 heavy (non-hydrogen) atoms. The molecule has 1 aromatic heterocycles. The van der Waals surface area contributed by atoms with Crippen molar-refractivity contribution in [3.63, 3.8) is 0 Å². The van der Waals surface area contributed by atoms with Gasteiger partial charge in [0.15, 0.2) is 0 Å². The van der Waals surface area contributed by atoms with Gasteiger partial charge in [-0.2, -0.15) is 0 Å². The van der Waals surface area contributed by atoms with Gasteiger partial charge in [0.2, 0.25) is 0 Å². The van der Waals surface area contributed by atoms with Crippen LogP contribution in [0.3, 0.4) is 0 Å². The molecule has 2 bridgehead atoms. The Balaban J connectivity index is 1.47. The number of hydrogen-bond acceptors (Lipinski definition) is 3. The number of carbonyl (C=O) groups excluding carboxylic acids is 1. The first-order chi connectivity index (χ1) is 10.8. The molecule has 2 aliphatic rings. The number of hydrogen-bond donors (Lipinski definition) is 2. The van der Waals surface area contributed by atoms with Crippen LogP contribution < -0.4 is 10.6 Å². The number of piperidine rings is 1. The first kappa shape index (κ1) is 13.5. The highest BCUT2D eigenvalue weighted by atomic mass is 16.1. The standard InChI is InChI=1S/C17H20N4O/c22-17(20-15-9-13-4-5-14(10-15)19-13)12-2-1-3-16(8-12)21-7-6-18-11-21/h1-3,6-8,11,13-15,19H,4-5,9-10H2,(H,20,22). The minimum atomic E-state index is 0.0215. The van der Waals surface area contributed by atoms with Crippen LogP contribution in [-0.2, 0) is 0 Å². The van der Waals surface area contributed by atoms with Gasteiger partial charge in [0.25, 0.3) is 5.91 Å². The Hall–Kier alpha value is -2.14. The van der Waals surface area contributed by atoms with E-state index in [2.05, 4.69) is 15.6 Å². The SMILES string of the molecule is O=C(NC1CC2CCC(C1)N2)c1cccc(-n2ccnc2)c1. The van der Waals surface area contributed by atoms with Crippen LogP contribution in [0.25, 0.3) is 5.69 Å². The third-order valence-electron chi connectivity index (χ3n) is 4.72. The third-order valence-corrected chi connectivity index (χ3v) is 4.72. The van der Waals surface area contributed by atoms with Crippen molar-refractivity contribution < 1.29 is 4.79 Å². The summed E-state index contributed by atoms with van der Waals surface area (Å²) in [5, 5.41) is 6.80. The van der Waals surface area contributed by atoms with Gasteiger partial charge in [-0.3, -0.25) is 4.79 Å². The topological polar surface area (TPSA) is 59.0 Å². The Morgan fingerprint density at radius 2 is 2.09 bits per heavy atom. The second kappa shape index (κ2) is 5.57. The molecule has 2 aromatic rings. The van der Waals surface area contributed by atoms with Gasteiger partial charge in [0.05, 0.1) is 6.33 Å². The zero-order valence-electron chi connectivity index (χ0n) is 12.4. The van der Waals surface area contributed by atoms with Gasteiger partial charge in [-0.25, -0.2) is 4.98 Å². The number of nitrogens with one attached hydrogen (secondary N) is 2. The minimum Gasteiger partial charge on any atom is -0.349 e. The highest BCUT2D eigenvalue weighted by molar-refractivity contribution is 5.94. The van der Waals surface area contributed by atoms with Gasteiger partial charge < -0.3 is 15.2 Å². The zero-order valence-corrected chi connectivity index (χ0v) is 12.4. The van der Waals surface area contributed by atoms with E-state index in [0.717, 1.165) is 18.5 Å². The minimum absolute atomic E-state index is 0.0215. The lowest BCUT2D eigenvalue weighted by molar-refractivity contribution is 0.0924. The van der Waals surface area contributed by atoms with E-state index in [4.69, 9.17) is 0 Å². The molecule has 5 heteroatoms. The highest BCUT2D eigenvalue weighted by Crippen LogP contribution is 2.27. The fourth-order valence-corrected chi connectivity index (χ4v) is 3.66. The molecule has 2 fully saturated rings. The summed E-state index contributed by atoms with van der Waals surface area (Å²) in [4.78, 5) is 16.6. The van der Waals surface area contributed by atoms with Gasteiger partial charge in [-0.15, -0.1) is 0 Å². The predicted molar refractivity (Wildman–Crippen MR) is 84.0 cm³/mol. The third kappa shape index (κ3) is 2.64. The molecule has 0 spiro atoms. The fourth-order valence-electron chi connectivity index (χ4n) is 3.66. The van der Waals surface area contributed by atoms with Crippen LogP contribution >= 0.6 is 0 Å². The number of amides is 1. The van der Waals surface area contributed by atoms with Crippen LogP contribution in [0, 0.1) is 0 Å². The van der Waals surface area contributed by atoms with E-state index >= 15 is 0 Å². The summed E-state index contributed by atoms with van der Waals surface area (Å²) in [6.07, 6.45) is 9.92. The Morgan fingerprint density at radius 3 is 2.82 bits per heavy atom. The molecule has 2 N–H and O–H groups in total. The van der Waals surface area contributed by atoms with E-state index < -0.39 is 0 Å². The molecule has 1 aromatic carbocycles. The lowest BCUT2D eigenvalue weighted by Gasteiger charge is -2.29. The van der Waals surface area contributed by atoms with E-state index in [1.54, 1.807) is 12.5 Å². The first-order valence-corrected chi connectivity index (χ1v) is 7.93. The lowest BCUT2D eigenvalue weighted by atomic mass is 9.99. The predicted octanol–water partition coefficient (Wildman–Crippen LogP) is 1.89. The molecule has 0 saturated carbocycles. The average molecular weight is 296 g/mol. The van der Waals surface area contributed by atoms with Crippen molar-refractivity contribution in [3.05, 3.63) is 48.5 Å². The van der Waals surface area contributed by atoms with Crippen LogP contribution in [0.1, 0.15) is 36.0 Å². The van der Waals surface area contributed by atoms with Gasteiger partial charge >= 0.3 is 0 Å². The molecule has 2 atom stereocenters. The zero-order chi connectivity index (χ0) is 14.9. The summed E-state index contributed by atoms with van der Waals surface area (Å²) in [5.74, 6) is 0.0215. The Bertz CT molecular complexity index is 655. The molecule has 0 radical (unpaired) electrons. The summed E-state index contributed by atoms with van der Waals surface area (Å²) in [5.41, 5.74) is 1.66. The summed E-state index contributed by atoms with van der Waals surface area (Å²) < 4.78 is 1.90. The molecule has 3 heterocycles. The van der Waals surface area contributed by atoms with E-state index in [1.807, 2.05) is 35.0 Å². The highest BCUT2D eigenvalue weighted by Gasteiger charge is 2.34. The molecule has 4 rings (SSSR count). The van der Waals surface area contributed by atoms with Crippen LogP contribution in [0.4, 0.5) is 0 Å². The molecule has 5 nitrogen and oxygen atoms in total. The quantitative estimate of drug-likeness (QED) is 0.909. The molecule has 2 aliphatic heterocycles. The van der Waals surface area contributed by atoms with Gasteiger partial charge in [0, 0.05) is 41.8 Å². The van der Waals surface area contributed by atoms with Crippen molar-refractivity contribution in [1.29, 1.82) is 0 Å². The smallest absolute Gasteiger partial charge is 0.251 e. The molecular formula is C17H20N4O. The number of imidazole rings is 1. The van der Waals surface area contributed by atoms with Crippen molar-refractivity contribution in [2.45, 2.75) is 43.8 Å². The van der Waals surface area contributed by atoms with Crippen LogP contribution in [0.15, 0.2) is 43.0 Å². The van der Waals surface area contributed by atoms with Crippen LogP contribution in [0.5, 0.6) is 0 Å². The summed E-state index contributed by atoms with van der Waals surface area (Å²) in [7, 11) is 0. The summed E-state index contributed by atoms with van der Waals surface area (Å²) in [6.45, 7) is 0. The summed E-state index contributed by atoms with van der Waals surface area (Å²) >= 11 is 0. The van der Waals surface area contributed by atoms with Gasteiger partial charge in [-0.1, -0.05) is 6.07 Å². The maximum Gasteiger partial charge on any atom is 0.251 e. The first-order valence-electron chi connectivity index (χ1n) is 7.93. The van der Waals surface area contributed by atoms with Gasteiger partial charge in [0.1, 0.15) is 0 Å². The van der Waals surface area contributed by atoms with E-state index in [-0.39, 0.29) is 5.91 Å².